The molecule has 0 fully saturated rings. The molecule has 1 atom stereocenters. The van der Waals surface area contributed by atoms with Crippen molar-refractivity contribution in [2.24, 2.45) is 0 Å². The zero-order valence-corrected chi connectivity index (χ0v) is 13.3. The second kappa shape index (κ2) is 6.27. The largest absolute Gasteiger partial charge is 0.457 e. The van der Waals surface area contributed by atoms with E-state index in [1.54, 1.807) is 6.07 Å². The van der Waals surface area contributed by atoms with Crippen LogP contribution >= 0.6 is 0 Å². The third-order valence-corrected chi connectivity index (χ3v) is 3.86. The van der Waals surface area contributed by atoms with Gasteiger partial charge >= 0.3 is 0 Å². The molecule has 2 nitrogen and oxygen atoms in total. The van der Waals surface area contributed by atoms with Crippen LogP contribution in [0.25, 0.3) is 0 Å². The number of ether oxygens (including phenoxy) is 1. The van der Waals surface area contributed by atoms with Gasteiger partial charge in [-0.25, -0.2) is 4.39 Å². The molecule has 0 saturated heterocycles. The standard InChI is InChI=1S/C18H22FNO/c1-11-9-12(2)13(3)17(10-11)21-16-8-6-7-15(19)18(16)14(4)20-5/h6-10,14,20H,1-5H3. The number of benzene rings is 2. The predicted octanol–water partition coefficient (Wildman–Crippen LogP) is 4.82. The molecule has 0 aromatic heterocycles. The summed E-state index contributed by atoms with van der Waals surface area (Å²) in [6, 6.07) is 8.93. The Balaban J connectivity index is 2.48. The summed E-state index contributed by atoms with van der Waals surface area (Å²) in [7, 11) is 1.81. The van der Waals surface area contributed by atoms with Crippen LogP contribution < -0.4 is 10.1 Å². The van der Waals surface area contributed by atoms with Crippen LogP contribution in [0.2, 0.25) is 0 Å². The molecule has 112 valence electrons. The molecule has 0 saturated carbocycles. The maximum Gasteiger partial charge on any atom is 0.135 e. The molecule has 0 amide bonds. The van der Waals surface area contributed by atoms with E-state index in [4.69, 9.17) is 4.74 Å². The molecule has 3 heteroatoms. The van der Waals surface area contributed by atoms with Gasteiger partial charge in [0.2, 0.25) is 0 Å². The van der Waals surface area contributed by atoms with Gasteiger partial charge in [-0.15, -0.1) is 0 Å². The first-order valence-corrected chi connectivity index (χ1v) is 7.15. The normalized spacial score (nSPS) is 12.3. The van der Waals surface area contributed by atoms with Gasteiger partial charge in [-0.1, -0.05) is 12.1 Å². The summed E-state index contributed by atoms with van der Waals surface area (Å²) in [6.07, 6.45) is 0. The highest BCUT2D eigenvalue weighted by Gasteiger charge is 2.17. The summed E-state index contributed by atoms with van der Waals surface area (Å²) < 4.78 is 20.2. The van der Waals surface area contributed by atoms with Crippen LogP contribution in [0.1, 0.15) is 35.2 Å². The molecule has 0 bridgehead atoms. The molecule has 0 spiro atoms. The molecule has 2 aromatic rings. The summed E-state index contributed by atoms with van der Waals surface area (Å²) in [4.78, 5) is 0. The Morgan fingerprint density at radius 2 is 1.81 bits per heavy atom. The summed E-state index contributed by atoms with van der Waals surface area (Å²) in [5.74, 6) is 1.09. The molecule has 0 radical (unpaired) electrons. The zero-order valence-electron chi connectivity index (χ0n) is 13.3. The molecule has 0 aliphatic rings. The Hall–Kier alpha value is -1.87. The second-order valence-corrected chi connectivity index (χ2v) is 5.47. The predicted molar refractivity (Wildman–Crippen MR) is 84.6 cm³/mol. The van der Waals surface area contributed by atoms with Crippen molar-refractivity contribution in [1.82, 2.24) is 5.32 Å². The second-order valence-electron chi connectivity index (χ2n) is 5.47. The highest BCUT2D eigenvalue weighted by molar-refractivity contribution is 5.46. The van der Waals surface area contributed by atoms with E-state index in [0.717, 1.165) is 16.9 Å². The number of hydrogen-bond donors (Lipinski definition) is 1. The van der Waals surface area contributed by atoms with Gasteiger partial charge in [0.25, 0.3) is 0 Å². The smallest absolute Gasteiger partial charge is 0.135 e. The van der Waals surface area contributed by atoms with Crippen molar-refractivity contribution in [3.8, 4) is 11.5 Å². The highest BCUT2D eigenvalue weighted by atomic mass is 19.1. The Morgan fingerprint density at radius 1 is 1.10 bits per heavy atom. The minimum atomic E-state index is -0.253. The van der Waals surface area contributed by atoms with Gasteiger partial charge in [-0.2, -0.15) is 0 Å². The number of halogens is 1. The summed E-state index contributed by atoms with van der Waals surface area (Å²) in [6.45, 7) is 8.02. The van der Waals surface area contributed by atoms with Crippen molar-refractivity contribution in [3.05, 3.63) is 58.4 Å². The Morgan fingerprint density at radius 3 is 2.48 bits per heavy atom. The molecule has 21 heavy (non-hydrogen) atoms. The molecule has 0 heterocycles. The Bertz CT molecular complexity index is 652. The zero-order chi connectivity index (χ0) is 15.6. The van der Waals surface area contributed by atoms with Crippen LogP contribution in [0.3, 0.4) is 0 Å². The van der Waals surface area contributed by atoms with E-state index in [2.05, 4.69) is 18.3 Å². The molecule has 1 N–H and O–H groups in total. The summed E-state index contributed by atoms with van der Waals surface area (Å²) in [5.41, 5.74) is 3.93. The quantitative estimate of drug-likeness (QED) is 0.870. The maximum absolute atomic E-state index is 14.1. The third-order valence-electron chi connectivity index (χ3n) is 3.86. The lowest BCUT2D eigenvalue weighted by molar-refractivity contribution is 0.449. The lowest BCUT2D eigenvalue weighted by Crippen LogP contribution is -2.15. The molecular weight excluding hydrogens is 265 g/mol. The van der Waals surface area contributed by atoms with Gasteiger partial charge in [0.15, 0.2) is 0 Å². The fourth-order valence-electron chi connectivity index (χ4n) is 2.40. The molecule has 2 rings (SSSR count). The van der Waals surface area contributed by atoms with E-state index in [0.29, 0.717) is 11.3 Å². The van der Waals surface area contributed by atoms with E-state index >= 15 is 0 Å². The minimum absolute atomic E-state index is 0.118. The minimum Gasteiger partial charge on any atom is -0.457 e. The van der Waals surface area contributed by atoms with Gasteiger partial charge in [0.1, 0.15) is 17.3 Å². The Kier molecular flexibility index (Phi) is 4.63. The molecule has 0 aliphatic heterocycles. The molecular formula is C18H22FNO. The molecule has 2 aromatic carbocycles. The number of rotatable bonds is 4. The van der Waals surface area contributed by atoms with Gasteiger partial charge in [-0.3, -0.25) is 0 Å². The van der Waals surface area contributed by atoms with Gasteiger partial charge in [0, 0.05) is 11.6 Å². The fraction of sp³-hybridized carbons (Fsp3) is 0.333. The van der Waals surface area contributed by atoms with Crippen molar-refractivity contribution in [2.75, 3.05) is 7.05 Å². The molecule has 1 unspecified atom stereocenters. The van der Waals surface area contributed by atoms with Crippen molar-refractivity contribution in [3.63, 3.8) is 0 Å². The first kappa shape index (κ1) is 15.5. The number of nitrogens with one attached hydrogen (secondary N) is 1. The van der Waals surface area contributed by atoms with E-state index in [1.165, 1.54) is 11.6 Å². The fourth-order valence-corrected chi connectivity index (χ4v) is 2.40. The van der Waals surface area contributed by atoms with Crippen molar-refractivity contribution >= 4 is 0 Å². The average Bonchev–Trinajstić information content (AvgIpc) is 2.43. The highest BCUT2D eigenvalue weighted by Crippen LogP contribution is 2.34. The van der Waals surface area contributed by atoms with Gasteiger partial charge < -0.3 is 10.1 Å². The average molecular weight is 287 g/mol. The third kappa shape index (κ3) is 3.24. The van der Waals surface area contributed by atoms with E-state index in [1.807, 2.05) is 40.0 Å². The summed E-state index contributed by atoms with van der Waals surface area (Å²) in [5, 5.41) is 3.07. The lowest BCUT2D eigenvalue weighted by Gasteiger charge is -2.19. The monoisotopic (exact) mass is 287 g/mol. The van der Waals surface area contributed by atoms with Gasteiger partial charge in [0.05, 0.1) is 0 Å². The van der Waals surface area contributed by atoms with E-state index in [-0.39, 0.29) is 11.9 Å². The topological polar surface area (TPSA) is 21.3 Å². The first-order valence-electron chi connectivity index (χ1n) is 7.15. The summed E-state index contributed by atoms with van der Waals surface area (Å²) >= 11 is 0. The number of hydrogen-bond acceptors (Lipinski definition) is 2. The maximum atomic E-state index is 14.1. The number of aryl methyl sites for hydroxylation is 2. The van der Waals surface area contributed by atoms with Crippen molar-refractivity contribution < 1.29 is 9.13 Å². The van der Waals surface area contributed by atoms with Crippen LogP contribution in [0.15, 0.2) is 30.3 Å². The van der Waals surface area contributed by atoms with Crippen LogP contribution in [0.4, 0.5) is 4.39 Å². The van der Waals surface area contributed by atoms with Crippen molar-refractivity contribution in [2.45, 2.75) is 33.7 Å². The lowest BCUT2D eigenvalue weighted by atomic mass is 10.0. The first-order chi connectivity index (χ1) is 9.93. The van der Waals surface area contributed by atoms with Crippen LogP contribution in [0.5, 0.6) is 11.5 Å². The van der Waals surface area contributed by atoms with Crippen LogP contribution in [-0.2, 0) is 0 Å². The van der Waals surface area contributed by atoms with E-state index < -0.39 is 0 Å². The van der Waals surface area contributed by atoms with Crippen molar-refractivity contribution in [1.29, 1.82) is 0 Å². The van der Waals surface area contributed by atoms with Crippen LogP contribution in [-0.4, -0.2) is 7.05 Å². The Labute approximate surface area is 126 Å². The van der Waals surface area contributed by atoms with Crippen LogP contribution in [0, 0.1) is 26.6 Å². The SMILES string of the molecule is CNC(C)c1c(F)cccc1Oc1cc(C)cc(C)c1C. The molecule has 0 aliphatic carbocycles. The van der Waals surface area contributed by atoms with E-state index in [9.17, 15) is 4.39 Å². The van der Waals surface area contributed by atoms with Gasteiger partial charge in [-0.05, 0) is 69.6 Å².